The Hall–Kier alpha value is -1.43. The van der Waals surface area contributed by atoms with Crippen LogP contribution in [-0.2, 0) is 7.05 Å². The molecule has 62 valence electrons. The Morgan fingerprint density at radius 2 is 2.33 bits per heavy atom. The van der Waals surface area contributed by atoms with E-state index in [0.717, 1.165) is 5.52 Å². The van der Waals surface area contributed by atoms with E-state index in [4.69, 9.17) is 12.2 Å². The largest absolute Gasteiger partial charge is 0.349 e. The van der Waals surface area contributed by atoms with Crippen molar-refractivity contribution in [3.63, 3.8) is 0 Å². The zero-order valence-corrected chi connectivity index (χ0v) is 7.10. The second kappa shape index (κ2) is 2.28. The number of hydrogen-bond acceptors (Lipinski definition) is 3. The molecule has 0 bridgehead atoms. The average Bonchev–Trinajstić information content (AvgIpc) is 2.30. The molecule has 0 aliphatic heterocycles. The molecule has 12 heavy (non-hydrogen) atoms. The van der Waals surface area contributed by atoms with E-state index < -0.39 is 0 Å². The minimum atomic E-state index is -0.298. The van der Waals surface area contributed by atoms with E-state index in [1.807, 2.05) is 0 Å². The molecule has 0 atom stereocenters. The van der Waals surface area contributed by atoms with Gasteiger partial charge in [-0.2, -0.15) is 4.98 Å². The molecule has 0 radical (unpaired) electrons. The molecule has 5 nitrogen and oxygen atoms in total. The van der Waals surface area contributed by atoms with Gasteiger partial charge < -0.3 is 14.5 Å². The van der Waals surface area contributed by atoms with E-state index in [1.54, 1.807) is 13.2 Å². The molecule has 0 aromatic carbocycles. The third kappa shape index (κ3) is 0.964. The van der Waals surface area contributed by atoms with Crippen LogP contribution < -0.4 is 5.69 Å². The van der Waals surface area contributed by atoms with E-state index in [9.17, 15) is 4.79 Å². The van der Waals surface area contributed by atoms with Crippen LogP contribution in [0.3, 0.4) is 0 Å². The Labute approximate surface area is 72.1 Å². The molecule has 2 aromatic heterocycles. The van der Waals surface area contributed by atoms with E-state index >= 15 is 0 Å². The number of imidazole rings is 1. The van der Waals surface area contributed by atoms with Gasteiger partial charge in [-0.15, -0.1) is 0 Å². The minimum absolute atomic E-state index is 0.298. The van der Waals surface area contributed by atoms with E-state index in [1.165, 1.54) is 4.57 Å². The molecule has 2 N–H and O–H groups in total. The molecule has 2 rings (SSSR count). The molecule has 2 aromatic rings. The van der Waals surface area contributed by atoms with Gasteiger partial charge in [0, 0.05) is 13.2 Å². The van der Waals surface area contributed by atoms with Crippen molar-refractivity contribution < 1.29 is 0 Å². The number of aromatic amines is 2. The standard InChI is InChI=1S/C6H6N4OS/c1-10-2-3-4(9-6(10)11)8-5(12)7-3/h2H,1H3,(H2,7,8,9,11,12). The smallest absolute Gasteiger partial charge is 0.328 e. The molecular weight excluding hydrogens is 176 g/mol. The number of nitrogens with one attached hydrogen (secondary N) is 2. The fourth-order valence-electron chi connectivity index (χ4n) is 0.993. The molecule has 0 aliphatic carbocycles. The summed E-state index contributed by atoms with van der Waals surface area (Å²) in [6, 6.07) is 0. The summed E-state index contributed by atoms with van der Waals surface area (Å²) in [5, 5.41) is 0. The Morgan fingerprint density at radius 3 is 3.08 bits per heavy atom. The summed E-state index contributed by atoms with van der Waals surface area (Å²) in [6.45, 7) is 0. The highest BCUT2D eigenvalue weighted by Crippen LogP contribution is 2.01. The molecule has 6 heteroatoms. The van der Waals surface area contributed by atoms with Crippen molar-refractivity contribution >= 4 is 23.4 Å². The molecule has 0 spiro atoms. The number of aromatic nitrogens is 4. The van der Waals surface area contributed by atoms with Crippen LogP contribution in [0.5, 0.6) is 0 Å². The third-order valence-electron chi connectivity index (χ3n) is 1.57. The average molecular weight is 182 g/mol. The van der Waals surface area contributed by atoms with Crippen LogP contribution in [0.2, 0.25) is 0 Å². The predicted octanol–water partition coefficient (Wildman–Crippen LogP) is 0.319. The van der Waals surface area contributed by atoms with Crippen molar-refractivity contribution in [1.82, 2.24) is 19.5 Å². The quantitative estimate of drug-likeness (QED) is 0.576. The van der Waals surface area contributed by atoms with Gasteiger partial charge in [0.05, 0.1) is 0 Å². The van der Waals surface area contributed by atoms with Crippen molar-refractivity contribution in [3.8, 4) is 0 Å². The first-order valence-electron chi connectivity index (χ1n) is 3.32. The highest BCUT2D eigenvalue weighted by Gasteiger charge is 1.99. The lowest BCUT2D eigenvalue weighted by Crippen LogP contribution is -2.18. The lowest BCUT2D eigenvalue weighted by atomic mass is 10.5. The number of hydrogen-bond donors (Lipinski definition) is 2. The fraction of sp³-hybridized carbons (Fsp3) is 0.167. The number of fused-ring (bicyclic) bond motifs is 1. The molecule has 2 heterocycles. The normalized spacial score (nSPS) is 10.8. The van der Waals surface area contributed by atoms with Crippen LogP contribution in [0.15, 0.2) is 11.0 Å². The maximum atomic E-state index is 11.0. The first kappa shape index (κ1) is 7.23. The van der Waals surface area contributed by atoms with Gasteiger partial charge in [0.25, 0.3) is 0 Å². The number of rotatable bonds is 0. The van der Waals surface area contributed by atoms with Gasteiger partial charge in [-0.05, 0) is 12.2 Å². The van der Waals surface area contributed by atoms with Gasteiger partial charge >= 0.3 is 5.69 Å². The number of aryl methyl sites for hydroxylation is 1. The summed E-state index contributed by atoms with van der Waals surface area (Å²) in [7, 11) is 1.64. The van der Waals surface area contributed by atoms with Crippen LogP contribution in [-0.4, -0.2) is 19.5 Å². The van der Waals surface area contributed by atoms with Gasteiger partial charge in [-0.25, -0.2) is 4.79 Å². The van der Waals surface area contributed by atoms with Crippen LogP contribution in [0.25, 0.3) is 11.2 Å². The molecule has 0 saturated heterocycles. The second-order valence-corrected chi connectivity index (χ2v) is 2.88. The number of H-pyrrole nitrogens is 2. The summed E-state index contributed by atoms with van der Waals surface area (Å²) in [5.41, 5.74) is 0.943. The SMILES string of the molecule is Cn1cc2[nH]c(=S)[nH]c2nc1=O. The molecule has 0 fully saturated rings. The van der Waals surface area contributed by atoms with Crippen molar-refractivity contribution in [2.75, 3.05) is 0 Å². The van der Waals surface area contributed by atoms with Crippen LogP contribution in [0.4, 0.5) is 0 Å². The zero-order valence-electron chi connectivity index (χ0n) is 6.29. The van der Waals surface area contributed by atoms with Crippen molar-refractivity contribution in [1.29, 1.82) is 0 Å². The van der Waals surface area contributed by atoms with E-state index in [0.29, 0.717) is 10.4 Å². The topological polar surface area (TPSA) is 66.5 Å². The summed E-state index contributed by atoms with van der Waals surface area (Å²) < 4.78 is 1.87. The summed E-state index contributed by atoms with van der Waals surface area (Å²) in [4.78, 5) is 20.4. The third-order valence-corrected chi connectivity index (χ3v) is 1.77. The van der Waals surface area contributed by atoms with E-state index in [-0.39, 0.29) is 5.69 Å². The fourth-order valence-corrected chi connectivity index (χ4v) is 1.20. The summed E-state index contributed by atoms with van der Waals surface area (Å²) >= 11 is 4.84. The minimum Gasteiger partial charge on any atom is -0.328 e. The van der Waals surface area contributed by atoms with Gasteiger partial charge in [0.15, 0.2) is 10.4 Å². The summed E-state index contributed by atoms with van der Waals surface area (Å²) in [6.07, 6.45) is 1.65. The lowest BCUT2D eigenvalue weighted by Gasteiger charge is -1.92. The van der Waals surface area contributed by atoms with Gasteiger partial charge in [-0.3, -0.25) is 0 Å². The maximum Gasteiger partial charge on any atom is 0.349 e. The van der Waals surface area contributed by atoms with E-state index in [2.05, 4.69) is 15.0 Å². The first-order chi connectivity index (χ1) is 5.66. The van der Waals surface area contributed by atoms with Crippen LogP contribution in [0.1, 0.15) is 0 Å². The van der Waals surface area contributed by atoms with Gasteiger partial charge in [0.1, 0.15) is 5.52 Å². The van der Waals surface area contributed by atoms with Crippen LogP contribution >= 0.6 is 12.2 Å². The van der Waals surface area contributed by atoms with Crippen molar-refractivity contribution in [2.45, 2.75) is 0 Å². The van der Waals surface area contributed by atoms with Crippen molar-refractivity contribution in [2.24, 2.45) is 7.05 Å². The molecule has 0 saturated carbocycles. The molecule has 0 aliphatic rings. The Kier molecular flexibility index (Phi) is 1.37. The molecule has 0 unspecified atom stereocenters. The monoisotopic (exact) mass is 182 g/mol. The van der Waals surface area contributed by atoms with Crippen LogP contribution in [0, 0.1) is 4.77 Å². The van der Waals surface area contributed by atoms with Gasteiger partial charge in [0.2, 0.25) is 0 Å². The molecule has 0 amide bonds. The molecular formula is C6H6N4OS. The second-order valence-electron chi connectivity index (χ2n) is 2.48. The zero-order chi connectivity index (χ0) is 8.72. The van der Waals surface area contributed by atoms with Gasteiger partial charge in [-0.1, -0.05) is 0 Å². The number of nitrogens with zero attached hydrogens (tertiary/aromatic N) is 2. The highest BCUT2D eigenvalue weighted by atomic mass is 32.1. The highest BCUT2D eigenvalue weighted by molar-refractivity contribution is 7.71. The first-order valence-corrected chi connectivity index (χ1v) is 3.73. The Balaban J connectivity index is 3.01. The maximum absolute atomic E-state index is 11.0. The Morgan fingerprint density at radius 1 is 1.58 bits per heavy atom. The Bertz CT molecular complexity index is 534. The predicted molar refractivity (Wildman–Crippen MR) is 46.5 cm³/mol. The van der Waals surface area contributed by atoms with Crippen molar-refractivity contribution in [3.05, 3.63) is 21.5 Å². The lowest BCUT2D eigenvalue weighted by molar-refractivity contribution is 0.824. The summed E-state index contributed by atoms with van der Waals surface area (Å²) in [5.74, 6) is 0.